The van der Waals surface area contributed by atoms with Crippen LogP contribution in [0, 0.1) is 0 Å². The summed E-state index contributed by atoms with van der Waals surface area (Å²) >= 11 is 0. The van der Waals surface area contributed by atoms with Crippen molar-refractivity contribution >= 4 is 0 Å². The molecule has 1 rings (SSSR count). The largest absolute Gasteiger partial charge is 0.373 e. The van der Waals surface area contributed by atoms with E-state index in [-0.39, 0.29) is 0 Å². The van der Waals surface area contributed by atoms with Gasteiger partial charge in [-0.25, -0.2) is 13.2 Å². The Kier molecular flexibility index (Phi) is 2.76. The molecule has 0 aliphatic carbocycles. The molecule has 0 aromatic carbocycles. The standard InChI is InChI=1S/C6H9F3N2/c7-4(5(8)9)6-10-2-1-3-11-6/h1-2,4-6,10-11H,3H2. The molecule has 0 bridgehead atoms. The van der Waals surface area contributed by atoms with Crippen molar-refractivity contribution in [2.24, 2.45) is 0 Å². The zero-order chi connectivity index (χ0) is 8.27. The minimum Gasteiger partial charge on any atom is -0.373 e. The van der Waals surface area contributed by atoms with Crippen molar-refractivity contribution in [3.63, 3.8) is 0 Å². The van der Waals surface area contributed by atoms with E-state index in [0.29, 0.717) is 6.54 Å². The Morgan fingerprint density at radius 2 is 2.09 bits per heavy atom. The minimum atomic E-state index is -2.94. The van der Waals surface area contributed by atoms with Crippen LogP contribution in [0.15, 0.2) is 12.3 Å². The molecule has 11 heavy (non-hydrogen) atoms. The lowest BCUT2D eigenvalue weighted by Crippen LogP contribution is -2.51. The molecule has 2 N–H and O–H groups in total. The second kappa shape index (κ2) is 3.61. The highest BCUT2D eigenvalue weighted by atomic mass is 19.3. The zero-order valence-corrected chi connectivity index (χ0v) is 5.73. The summed E-state index contributed by atoms with van der Waals surface area (Å²) in [6.45, 7) is 0.421. The highest BCUT2D eigenvalue weighted by molar-refractivity contribution is 4.93. The summed E-state index contributed by atoms with van der Waals surface area (Å²) in [5, 5.41) is 5.00. The number of nitrogens with one attached hydrogen (secondary N) is 2. The highest BCUT2D eigenvalue weighted by Crippen LogP contribution is 2.09. The van der Waals surface area contributed by atoms with E-state index in [1.807, 2.05) is 0 Å². The molecular weight excluding hydrogens is 157 g/mol. The Morgan fingerprint density at radius 3 is 2.55 bits per heavy atom. The van der Waals surface area contributed by atoms with Crippen molar-refractivity contribution < 1.29 is 13.2 Å². The molecule has 2 atom stereocenters. The monoisotopic (exact) mass is 166 g/mol. The molecule has 0 saturated carbocycles. The summed E-state index contributed by atoms with van der Waals surface area (Å²) in [5.74, 6) is 0. The Labute approximate surface area is 62.5 Å². The van der Waals surface area contributed by atoms with Crippen LogP contribution in [-0.4, -0.2) is 25.3 Å². The number of halogens is 3. The molecule has 0 amide bonds. The van der Waals surface area contributed by atoms with Gasteiger partial charge in [0.15, 0.2) is 6.17 Å². The van der Waals surface area contributed by atoms with E-state index in [9.17, 15) is 13.2 Å². The molecule has 1 heterocycles. The van der Waals surface area contributed by atoms with Gasteiger partial charge in [0.1, 0.15) is 6.17 Å². The van der Waals surface area contributed by atoms with Gasteiger partial charge in [0.2, 0.25) is 0 Å². The van der Waals surface area contributed by atoms with E-state index in [2.05, 4.69) is 10.6 Å². The first-order valence-electron chi connectivity index (χ1n) is 3.28. The zero-order valence-electron chi connectivity index (χ0n) is 5.73. The van der Waals surface area contributed by atoms with Crippen molar-refractivity contribution in [3.8, 4) is 0 Å². The van der Waals surface area contributed by atoms with Crippen molar-refractivity contribution in [1.82, 2.24) is 10.6 Å². The van der Waals surface area contributed by atoms with Gasteiger partial charge in [-0.2, -0.15) is 0 Å². The van der Waals surface area contributed by atoms with Gasteiger partial charge in [-0.1, -0.05) is 6.08 Å². The van der Waals surface area contributed by atoms with Crippen LogP contribution in [0.1, 0.15) is 0 Å². The second-order valence-corrected chi connectivity index (χ2v) is 2.23. The maximum Gasteiger partial charge on any atom is 0.272 e. The quantitative estimate of drug-likeness (QED) is 0.628. The molecule has 64 valence electrons. The molecule has 0 saturated heterocycles. The fourth-order valence-electron chi connectivity index (χ4n) is 0.835. The van der Waals surface area contributed by atoms with Gasteiger partial charge >= 0.3 is 0 Å². The lowest BCUT2D eigenvalue weighted by molar-refractivity contribution is 0.0233. The number of hydrogen-bond donors (Lipinski definition) is 2. The third-order valence-electron chi connectivity index (χ3n) is 1.41. The minimum absolute atomic E-state index is 0.421. The molecule has 0 spiro atoms. The summed E-state index contributed by atoms with van der Waals surface area (Å²) in [6.07, 6.45) is -2.89. The third kappa shape index (κ3) is 2.11. The third-order valence-corrected chi connectivity index (χ3v) is 1.41. The summed E-state index contributed by atoms with van der Waals surface area (Å²) in [4.78, 5) is 0. The van der Waals surface area contributed by atoms with Crippen LogP contribution in [0.5, 0.6) is 0 Å². The molecule has 1 aliphatic heterocycles. The second-order valence-electron chi connectivity index (χ2n) is 2.23. The van der Waals surface area contributed by atoms with E-state index < -0.39 is 18.8 Å². The number of hydrogen-bond acceptors (Lipinski definition) is 2. The van der Waals surface area contributed by atoms with Gasteiger partial charge in [0.25, 0.3) is 6.43 Å². The smallest absolute Gasteiger partial charge is 0.272 e. The predicted octanol–water partition coefficient (Wildman–Crippen LogP) is 0.622. The SMILES string of the molecule is FC(F)C(F)C1NC=CCN1. The van der Waals surface area contributed by atoms with Gasteiger partial charge < -0.3 is 5.32 Å². The van der Waals surface area contributed by atoms with Crippen LogP contribution < -0.4 is 10.6 Å². The maximum atomic E-state index is 12.5. The molecule has 0 radical (unpaired) electrons. The van der Waals surface area contributed by atoms with E-state index in [4.69, 9.17) is 0 Å². The lowest BCUT2D eigenvalue weighted by Gasteiger charge is -2.24. The van der Waals surface area contributed by atoms with E-state index in [0.717, 1.165) is 0 Å². The summed E-state index contributed by atoms with van der Waals surface area (Å²) in [5.41, 5.74) is 0. The molecule has 0 fully saturated rings. The van der Waals surface area contributed by atoms with Crippen LogP contribution in [0.25, 0.3) is 0 Å². The molecule has 2 unspecified atom stereocenters. The van der Waals surface area contributed by atoms with Crippen LogP contribution in [0.2, 0.25) is 0 Å². The fourth-order valence-corrected chi connectivity index (χ4v) is 0.835. The summed E-state index contributed by atoms with van der Waals surface area (Å²) in [6, 6.07) is 0. The topological polar surface area (TPSA) is 24.1 Å². The Hall–Kier alpha value is -0.710. The first-order valence-corrected chi connectivity index (χ1v) is 3.28. The van der Waals surface area contributed by atoms with Gasteiger partial charge in [-0.3, -0.25) is 5.32 Å². The Morgan fingerprint density at radius 1 is 1.36 bits per heavy atom. The van der Waals surface area contributed by atoms with E-state index >= 15 is 0 Å². The molecule has 0 aromatic rings. The van der Waals surface area contributed by atoms with Gasteiger partial charge in [-0.05, 0) is 6.20 Å². The molecule has 5 heteroatoms. The van der Waals surface area contributed by atoms with Gasteiger partial charge in [-0.15, -0.1) is 0 Å². The fraction of sp³-hybridized carbons (Fsp3) is 0.667. The van der Waals surface area contributed by atoms with Crippen molar-refractivity contribution in [2.75, 3.05) is 6.54 Å². The van der Waals surface area contributed by atoms with Gasteiger partial charge in [0, 0.05) is 6.54 Å². The normalized spacial score (nSPS) is 26.7. The maximum absolute atomic E-state index is 12.5. The first kappa shape index (κ1) is 8.39. The van der Waals surface area contributed by atoms with Crippen molar-refractivity contribution in [2.45, 2.75) is 18.8 Å². The van der Waals surface area contributed by atoms with Crippen molar-refractivity contribution in [1.29, 1.82) is 0 Å². The van der Waals surface area contributed by atoms with Crippen LogP contribution >= 0.6 is 0 Å². The van der Waals surface area contributed by atoms with E-state index in [1.165, 1.54) is 6.20 Å². The van der Waals surface area contributed by atoms with Crippen LogP contribution in [-0.2, 0) is 0 Å². The van der Waals surface area contributed by atoms with Gasteiger partial charge in [0.05, 0.1) is 0 Å². The Bertz CT molecular complexity index is 149. The number of alkyl halides is 3. The molecule has 1 aliphatic rings. The average Bonchev–Trinajstić information content (AvgIpc) is 2.05. The first-order chi connectivity index (χ1) is 5.22. The molecule has 2 nitrogen and oxygen atoms in total. The van der Waals surface area contributed by atoms with Crippen LogP contribution in [0.3, 0.4) is 0 Å². The highest BCUT2D eigenvalue weighted by Gasteiger charge is 2.29. The summed E-state index contributed by atoms with van der Waals surface area (Å²) < 4.78 is 36.0. The Balaban J connectivity index is 2.40. The lowest BCUT2D eigenvalue weighted by atomic mass is 10.3. The molecule has 0 aromatic heterocycles. The number of rotatable bonds is 2. The molecular formula is C6H9F3N2. The predicted molar refractivity (Wildman–Crippen MR) is 35.0 cm³/mol. The van der Waals surface area contributed by atoms with E-state index in [1.54, 1.807) is 6.08 Å². The summed E-state index contributed by atoms with van der Waals surface area (Å²) in [7, 11) is 0. The average molecular weight is 166 g/mol. The van der Waals surface area contributed by atoms with Crippen molar-refractivity contribution in [3.05, 3.63) is 12.3 Å². The van der Waals surface area contributed by atoms with Crippen LogP contribution in [0.4, 0.5) is 13.2 Å².